The minimum absolute atomic E-state index is 0. The van der Waals surface area contributed by atoms with Gasteiger partial charge in [-0.1, -0.05) is 63.8 Å². The summed E-state index contributed by atoms with van der Waals surface area (Å²) in [5.74, 6) is -2.42. The number of carbonyl (C=O) groups excluding carboxylic acids is 10. The normalized spacial score (nSPS) is 11.8. The molecule has 1 atom stereocenters. The van der Waals surface area contributed by atoms with Crippen LogP contribution in [-0.2, 0) is 57.4 Å². The summed E-state index contributed by atoms with van der Waals surface area (Å²) >= 11 is 0. The number of carbonyl (C=O) groups is 10. The first kappa shape index (κ1) is 72.2. The highest BCUT2D eigenvalue weighted by Gasteiger charge is 2.36. The lowest BCUT2D eigenvalue weighted by Crippen LogP contribution is -2.37. The van der Waals surface area contributed by atoms with Gasteiger partial charge in [-0.15, -0.1) is 0 Å². The molecule has 0 aromatic heterocycles. The molecule has 12 radical (unpaired) electrons. The van der Waals surface area contributed by atoms with Crippen LogP contribution in [0.15, 0.2) is 0 Å². The van der Waals surface area contributed by atoms with E-state index >= 15 is 0 Å². The number of hydrogen-bond donors (Lipinski definition) is 4. The predicted octanol–water partition coefficient (Wildman–Crippen LogP) is 3.61. The van der Waals surface area contributed by atoms with Gasteiger partial charge in [-0.05, 0) is 43.7 Å². The molecule has 368 valence electrons. The quantitative estimate of drug-likeness (QED) is 0.0535. The maximum Gasteiger partial charge on any atom is 0.226 e. The van der Waals surface area contributed by atoms with Crippen LogP contribution < -0.4 is 20.9 Å². The Morgan fingerprint density at radius 2 is 0.687 bits per heavy atom. The average molecular weight is 932 g/mol. The van der Waals surface area contributed by atoms with E-state index in [1.165, 1.54) is 0 Å². The van der Waals surface area contributed by atoms with Crippen molar-refractivity contribution in [2.24, 2.45) is 21.7 Å². The van der Waals surface area contributed by atoms with Crippen LogP contribution in [0.1, 0.15) is 167 Å². The van der Waals surface area contributed by atoms with Crippen LogP contribution in [0.2, 0.25) is 12.6 Å². The number of ether oxygens (including phenoxy) is 2. The molecule has 0 aromatic rings. The van der Waals surface area contributed by atoms with Crippen molar-refractivity contribution in [3.63, 3.8) is 0 Å². The summed E-state index contributed by atoms with van der Waals surface area (Å²) < 4.78 is 11.3. The minimum Gasteiger partial charge on any atom is -0.409 e. The maximum atomic E-state index is 12.8. The molecular formula is C45H78B6N4O12. The van der Waals surface area contributed by atoms with E-state index in [4.69, 9.17) is 57.1 Å². The highest BCUT2D eigenvalue weighted by molar-refractivity contribution is 6.20. The zero-order valence-electron chi connectivity index (χ0n) is 38.9. The topological polar surface area (TPSA) is 237 Å². The first-order valence-corrected chi connectivity index (χ1v) is 21.4. The predicted molar refractivity (Wildman–Crippen MR) is 266 cm³/mol. The molecule has 0 aliphatic rings. The molecule has 0 bridgehead atoms. The van der Waals surface area contributed by atoms with Crippen LogP contribution >= 0.6 is 0 Å². The van der Waals surface area contributed by atoms with E-state index in [9.17, 15) is 47.9 Å². The molecule has 0 saturated heterocycles. The Morgan fingerprint density at radius 1 is 0.388 bits per heavy atom. The third-order valence-corrected chi connectivity index (χ3v) is 10.6. The van der Waals surface area contributed by atoms with Gasteiger partial charge in [0.2, 0.25) is 55.6 Å². The molecular weight excluding hydrogens is 853 g/mol. The smallest absolute Gasteiger partial charge is 0.226 e. The summed E-state index contributed by atoms with van der Waals surface area (Å²) in [5.41, 5.74) is -2.81. The van der Waals surface area contributed by atoms with Crippen molar-refractivity contribution in [3.8, 4) is 0 Å². The highest BCUT2D eigenvalue weighted by atomic mass is 16.5. The molecule has 0 spiro atoms. The van der Waals surface area contributed by atoms with E-state index in [1.807, 2.05) is 15.7 Å². The van der Waals surface area contributed by atoms with Crippen molar-refractivity contribution in [3.05, 3.63) is 0 Å². The lowest BCUT2D eigenvalue weighted by molar-refractivity contribution is -0.132. The van der Waals surface area contributed by atoms with Crippen LogP contribution in [0.4, 0.5) is 0 Å². The first-order valence-electron chi connectivity index (χ1n) is 21.4. The zero-order chi connectivity index (χ0) is 49.6. The molecule has 0 aliphatic carbocycles. The SMILES string of the molecule is C.C.C.[B]CC(=O)CCC(CCC(=O)N[B])(CCC(=O)N[B])CC(=O)CCC(=O)C(C)(C)C.[B]CC(=O)CCOCC(CCC(=O)N[B])(COCCC(=O)N[B])CC(=O)CCC(=O)C(C)(C)C. The molecule has 4 N–H and O–H groups in total. The summed E-state index contributed by atoms with van der Waals surface area (Å²) in [5, 5.41) is 8.14. The van der Waals surface area contributed by atoms with Gasteiger partial charge in [0, 0.05) is 93.3 Å². The zero-order valence-corrected chi connectivity index (χ0v) is 38.9. The number of hydrogen-bond acceptors (Lipinski definition) is 12. The lowest BCUT2D eigenvalue weighted by atomic mass is 9.70. The fourth-order valence-electron chi connectivity index (χ4n) is 6.25. The average Bonchev–Trinajstić information content (AvgIpc) is 3.25. The number of ketones is 6. The maximum absolute atomic E-state index is 12.8. The molecule has 0 fully saturated rings. The van der Waals surface area contributed by atoms with Crippen LogP contribution in [0.25, 0.3) is 0 Å². The Balaban J connectivity index is -0.000000369. The standard InChI is InChI=1S/C22H35B3N2O7.C20H31B3N2O5.3CH4/c1-21(2,3)18(30)5-4-16(28)12-22(9-6-19(31)26-24,14-33-10-7-17(29)13-23)15-34-11-8-20(32)27-25;1-19(2,3)16(28)5-4-14(26)12-20(9-6-15(27)13-21,10-7-17(29)24-22)11-8-18(30)25-23;;;/h4-15H2,1-3H3,(H,26,31)(H,27,32);4-13H2,1-3H3,(H,24,29)(H,25,30);3*1H4. The molecule has 16 nitrogen and oxygen atoms in total. The molecule has 0 aliphatic heterocycles. The van der Waals surface area contributed by atoms with Gasteiger partial charge in [-0.3, -0.25) is 38.4 Å². The Hall–Kier alpha value is -3.79. The number of rotatable bonds is 34. The van der Waals surface area contributed by atoms with Gasteiger partial charge in [0.1, 0.15) is 34.7 Å². The van der Waals surface area contributed by atoms with Gasteiger partial charge < -0.3 is 40.0 Å². The van der Waals surface area contributed by atoms with Gasteiger partial charge >= 0.3 is 0 Å². The molecule has 67 heavy (non-hydrogen) atoms. The van der Waals surface area contributed by atoms with Crippen LogP contribution in [-0.4, -0.2) is 132 Å². The van der Waals surface area contributed by atoms with E-state index in [1.54, 1.807) is 41.5 Å². The van der Waals surface area contributed by atoms with Gasteiger partial charge in [0.15, 0.2) is 0 Å². The number of nitrogens with one attached hydrogen (secondary N) is 4. The summed E-state index contributed by atoms with van der Waals surface area (Å²) in [4.78, 5) is 120. The van der Waals surface area contributed by atoms with Crippen LogP contribution in [0.3, 0.4) is 0 Å². The van der Waals surface area contributed by atoms with Gasteiger partial charge in [0.05, 0.1) is 42.1 Å². The second-order valence-corrected chi connectivity index (χ2v) is 18.1. The summed E-state index contributed by atoms with van der Waals surface area (Å²) in [6.07, 6.45) is 1.43. The molecule has 1 unspecified atom stereocenters. The third kappa shape index (κ3) is 35.1. The molecule has 0 heterocycles. The lowest BCUT2D eigenvalue weighted by Gasteiger charge is -2.33. The van der Waals surface area contributed by atoms with Crippen molar-refractivity contribution in [1.82, 2.24) is 20.9 Å². The van der Waals surface area contributed by atoms with E-state index in [0.717, 1.165) is 0 Å². The summed E-state index contributed by atoms with van der Waals surface area (Å²) in [6, 6.07) is 0. The molecule has 22 heteroatoms. The van der Waals surface area contributed by atoms with Crippen molar-refractivity contribution in [2.75, 3.05) is 26.4 Å². The van der Waals surface area contributed by atoms with Crippen LogP contribution in [0, 0.1) is 21.7 Å². The second-order valence-electron chi connectivity index (χ2n) is 18.1. The minimum atomic E-state index is -0.931. The van der Waals surface area contributed by atoms with Crippen molar-refractivity contribution in [1.29, 1.82) is 0 Å². The van der Waals surface area contributed by atoms with E-state index < -0.39 is 45.3 Å². The molecule has 0 rings (SSSR count). The van der Waals surface area contributed by atoms with Crippen LogP contribution in [0.5, 0.6) is 0 Å². The first-order chi connectivity index (χ1) is 29.8. The van der Waals surface area contributed by atoms with Crippen molar-refractivity contribution >= 4 is 106 Å². The Bertz CT molecular complexity index is 1480. The van der Waals surface area contributed by atoms with Crippen molar-refractivity contribution in [2.45, 2.75) is 179 Å². The summed E-state index contributed by atoms with van der Waals surface area (Å²) in [7, 11) is 31.3. The van der Waals surface area contributed by atoms with E-state index in [-0.39, 0.29) is 199 Å². The highest BCUT2D eigenvalue weighted by Crippen LogP contribution is 2.40. The monoisotopic (exact) mass is 933 g/mol. The fourth-order valence-corrected chi connectivity index (χ4v) is 6.25. The van der Waals surface area contributed by atoms with Crippen molar-refractivity contribution < 1.29 is 57.4 Å². The van der Waals surface area contributed by atoms with Gasteiger partial charge in [0.25, 0.3) is 0 Å². The largest absolute Gasteiger partial charge is 0.409 e. The summed E-state index contributed by atoms with van der Waals surface area (Å²) in [6.45, 7) is 10.9. The third-order valence-electron chi connectivity index (χ3n) is 10.6. The number of amides is 4. The fraction of sp³-hybridized carbons (Fsp3) is 0.778. The Kier molecular flexibility index (Phi) is 41.1. The molecule has 4 amide bonds. The Labute approximate surface area is 410 Å². The molecule has 0 saturated carbocycles. The van der Waals surface area contributed by atoms with Gasteiger partial charge in [-0.25, -0.2) is 0 Å². The Morgan fingerprint density at radius 3 is 1.03 bits per heavy atom. The molecule has 0 aromatic carbocycles. The van der Waals surface area contributed by atoms with E-state index in [0.29, 0.717) is 0 Å². The van der Waals surface area contributed by atoms with Gasteiger partial charge in [-0.2, -0.15) is 0 Å². The van der Waals surface area contributed by atoms with E-state index in [2.05, 4.69) is 5.23 Å². The number of Topliss-reactive ketones (excluding diaryl/α,β-unsaturated/α-hetero) is 6. The second kappa shape index (κ2) is 38.1.